The molecular formula is C8H7BrN2O2S. The molecule has 0 bridgehead atoms. The van der Waals surface area contributed by atoms with Crippen LogP contribution in [-0.2, 0) is 9.84 Å². The number of hydrogen-bond acceptors (Lipinski definition) is 3. The van der Waals surface area contributed by atoms with E-state index in [1.165, 1.54) is 12.5 Å². The number of aromatic amines is 1. The summed E-state index contributed by atoms with van der Waals surface area (Å²) in [5, 5.41) is 0.621. The third-order valence-corrected chi connectivity index (χ3v) is 3.44. The lowest BCUT2D eigenvalue weighted by atomic mass is 10.3. The Morgan fingerprint density at radius 1 is 1.43 bits per heavy atom. The Labute approximate surface area is 89.4 Å². The number of sulfone groups is 1. The highest BCUT2D eigenvalue weighted by Gasteiger charge is 2.13. The normalized spacial score (nSPS) is 12.1. The molecule has 0 saturated heterocycles. The Kier molecular flexibility index (Phi) is 2.11. The van der Waals surface area contributed by atoms with Gasteiger partial charge in [-0.15, -0.1) is 0 Å². The molecule has 4 nitrogen and oxygen atoms in total. The van der Waals surface area contributed by atoms with Crippen LogP contribution in [0.3, 0.4) is 0 Å². The van der Waals surface area contributed by atoms with Gasteiger partial charge in [0.2, 0.25) is 0 Å². The van der Waals surface area contributed by atoms with Gasteiger partial charge in [0.1, 0.15) is 10.3 Å². The zero-order valence-electron chi connectivity index (χ0n) is 7.28. The zero-order chi connectivity index (χ0) is 10.3. The van der Waals surface area contributed by atoms with Crippen LogP contribution in [0.15, 0.2) is 27.8 Å². The van der Waals surface area contributed by atoms with Gasteiger partial charge < -0.3 is 4.98 Å². The highest BCUT2D eigenvalue weighted by atomic mass is 79.9. The van der Waals surface area contributed by atoms with E-state index in [2.05, 4.69) is 25.9 Å². The van der Waals surface area contributed by atoms with Crippen molar-refractivity contribution in [2.24, 2.45) is 0 Å². The second-order valence-corrected chi connectivity index (χ2v) is 5.75. The summed E-state index contributed by atoms with van der Waals surface area (Å²) in [6, 6.07) is 3.43. The topological polar surface area (TPSA) is 62.8 Å². The first kappa shape index (κ1) is 9.67. The Hall–Kier alpha value is -0.880. The second-order valence-electron chi connectivity index (χ2n) is 2.96. The van der Waals surface area contributed by atoms with Crippen LogP contribution in [0.25, 0.3) is 11.0 Å². The van der Waals surface area contributed by atoms with E-state index in [1.54, 1.807) is 12.1 Å². The van der Waals surface area contributed by atoms with Gasteiger partial charge in [-0.3, -0.25) is 0 Å². The fourth-order valence-corrected chi connectivity index (χ4v) is 2.41. The van der Waals surface area contributed by atoms with Gasteiger partial charge in [0, 0.05) is 17.8 Å². The summed E-state index contributed by atoms with van der Waals surface area (Å²) in [5.41, 5.74) is 0.569. The van der Waals surface area contributed by atoms with Crippen LogP contribution in [0.2, 0.25) is 0 Å². The second kappa shape index (κ2) is 3.06. The summed E-state index contributed by atoms with van der Waals surface area (Å²) >= 11 is 3.21. The van der Waals surface area contributed by atoms with E-state index < -0.39 is 9.84 Å². The summed E-state index contributed by atoms with van der Waals surface area (Å²) < 4.78 is 23.3. The molecule has 0 radical (unpaired) electrons. The number of nitrogens with one attached hydrogen (secondary N) is 1. The van der Waals surface area contributed by atoms with Gasteiger partial charge in [0.15, 0.2) is 9.84 Å². The van der Waals surface area contributed by atoms with Gasteiger partial charge >= 0.3 is 0 Å². The molecule has 2 heterocycles. The molecule has 0 saturated carbocycles. The van der Waals surface area contributed by atoms with Crippen LogP contribution in [0.4, 0.5) is 0 Å². The first-order chi connectivity index (χ1) is 6.48. The first-order valence-electron chi connectivity index (χ1n) is 3.82. The van der Waals surface area contributed by atoms with Crippen molar-refractivity contribution in [1.82, 2.24) is 9.97 Å². The number of fused-ring (bicyclic) bond motifs is 1. The Morgan fingerprint density at radius 2 is 2.14 bits per heavy atom. The molecule has 0 aliphatic carbocycles. The van der Waals surface area contributed by atoms with E-state index in [9.17, 15) is 8.42 Å². The van der Waals surface area contributed by atoms with E-state index in [0.717, 1.165) is 0 Å². The van der Waals surface area contributed by atoms with Crippen LogP contribution >= 0.6 is 15.9 Å². The summed E-state index contributed by atoms with van der Waals surface area (Å²) in [6.45, 7) is 0. The average molecular weight is 275 g/mol. The predicted octanol–water partition coefficient (Wildman–Crippen LogP) is 1.73. The van der Waals surface area contributed by atoms with Gasteiger partial charge in [-0.25, -0.2) is 13.4 Å². The lowest BCUT2D eigenvalue weighted by Gasteiger charge is -1.94. The molecule has 14 heavy (non-hydrogen) atoms. The van der Waals surface area contributed by atoms with E-state index >= 15 is 0 Å². The highest BCUT2D eigenvalue weighted by Crippen LogP contribution is 2.22. The third kappa shape index (κ3) is 1.55. The Bertz CT molecular complexity index is 588. The maximum Gasteiger partial charge on any atom is 0.177 e. The van der Waals surface area contributed by atoms with Crippen LogP contribution in [-0.4, -0.2) is 24.6 Å². The van der Waals surface area contributed by atoms with Crippen molar-refractivity contribution in [3.8, 4) is 0 Å². The van der Waals surface area contributed by atoms with Crippen molar-refractivity contribution in [2.45, 2.75) is 4.90 Å². The standard InChI is InChI=1S/C8H7BrN2O2S/c1-14(12,13)6-4-10-8-5(6)2-3-7(9)11-8/h2-4H,1H3,(H,10,11). The number of nitrogens with zero attached hydrogens (tertiary/aromatic N) is 1. The Morgan fingerprint density at radius 3 is 2.79 bits per heavy atom. The number of aromatic nitrogens is 2. The molecule has 0 aliphatic heterocycles. The fourth-order valence-electron chi connectivity index (χ4n) is 1.26. The van der Waals surface area contributed by atoms with Crippen LogP contribution in [0.1, 0.15) is 0 Å². The summed E-state index contributed by atoms with van der Waals surface area (Å²) in [7, 11) is -3.19. The molecule has 2 aromatic heterocycles. The van der Waals surface area contributed by atoms with Crippen molar-refractivity contribution < 1.29 is 8.42 Å². The van der Waals surface area contributed by atoms with Gasteiger partial charge in [-0.05, 0) is 28.1 Å². The van der Waals surface area contributed by atoms with Crippen LogP contribution in [0, 0.1) is 0 Å². The minimum absolute atomic E-state index is 0.285. The molecule has 1 N–H and O–H groups in total. The molecule has 0 atom stereocenters. The average Bonchev–Trinajstić information content (AvgIpc) is 2.45. The summed E-state index contributed by atoms with van der Waals surface area (Å²) in [5.74, 6) is 0. The SMILES string of the molecule is CS(=O)(=O)c1c[nH]c2nc(Br)ccc12. The summed E-state index contributed by atoms with van der Waals surface area (Å²) in [6.07, 6.45) is 2.64. The van der Waals surface area contributed by atoms with Gasteiger partial charge in [0.25, 0.3) is 0 Å². The van der Waals surface area contributed by atoms with E-state index in [-0.39, 0.29) is 4.90 Å². The van der Waals surface area contributed by atoms with Crippen molar-refractivity contribution >= 4 is 36.8 Å². The van der Waals surface area contributed by atoms with Crippen molar-refractivity contribution in [3.63, 3.8) is 0 Å². The van der Waals surface area contributed by atoms with Gasteiger partial charge in [-0.2, -0.15) is 0 Å². The first-order valence-corrected chi connectivity index (χ1v) is 6.50. The molecule has 74 valence electrons. The van der Waals surface area contributed by atoms with E-state index in [0.29, 0.717) is 15.6 Å². The Balaban J connectivity index is 2.83. The molecular weight excluding hydrogens is 268 g/mol. The lowest BCUT2D eigenvalue weighted by molar-refractivity contribution is 0.602. The largest absolute Gasteiger partial charge is 0.345 e. The maximum absolute atomic E-state index is 11.3. The minimum Gasteiger partial charge on any atom is -0.345 e. The fraction of sp³-hybridized carbons (Fsp3) is 0.125. The number of rotatable bonds is 1. The number of H-pyrrole nitrogens is 1. The maximum atomic E-state index is 11.3. The molecule has 0 spiro atoms. The van der Waals surface area contributed by atoms with E-state index in [4.69, 9.17) is 0 Å². The zero-order valence-corrected chi connectivity index (χ0v) is 9.68. The summed E-state index contributed by atoms with van der Waals surface area (Å²) in [4.78, 5) is 7.21. The molecule has 2 rings (SSSR count). The minimum atomic E-state index is -3.19. The molecule has 6 heteroatoms. The lowest BCUT2D eigenvalue weighted by Crippen LogP contribution is -1.95. The quantitative estimate of drug-likeness (QED) is 0.806. The third-order valence-electron chi connectivity index (χ3n) is 1.87. The van der Waals surface area contributed by atoms with Crippen LogP contribution < -0.4 is 0 Å². The molecule has 0 aromatic carbocycles. The van der Waals surface area contributed by atoms with Crippen molar-refractivity contribution in [3.05, 3.63) is 22.9 Å². The number of pyridine rings is 1. The smallest absolute Gasteiger partial charge is 0.177 e. The molecule has 0 fully saturated rings. The molecule has 0 amide bonds. The number of halogens is 1. The number of hydrogen-bond donors (Lipinski definition) is 1. The molecule has 0 aliphatic rings. The highest BCUT2D eigenvalue weighted by molar-refractivity contribution is 9.10. The monoisotopic (exact) mass is 274 g/mol. The van der Waals surface area contributed by atoms with Crippen molar-refractivity contribution in [1.29, 1.82) is 0 Å². The van der Waals surface area contributed by atoms with Gasteiger partial charge in [0.05, 0.1) is 4.90 Å². The predicted molar refractivity (Wildman–Crippen MR) is 56.9 cm³/mol. The molecule has 0 unspecified atom stereocenters. The van der Waals surface area contributed by atoms with Gasteiger partial charge in [-0.1, -0.05) is 0 Å². The molecule has 2 aromatic rings. The van der Waals surface area contributed by atoms with Crippen molar-refractivity contribution in [2.75, 3.05) is 6.26 Å². The van der Waals surface area contributed by atoms with E-state index in [1.807, 2.05) is 0 Å². The van der Waals surface area contributed by atoms with Crippen LogP contribution in [0.5, 0.6) is 0 Å².